The Morgan fingerprint density at radius 1 is 1.00 bits per heavy atom. The monoisotopic (exact) mass is 218 g/mol. The summed E-state index contributed by atoms with van der Waals surface area (Å²) in [6.07, 6.45) is 8.94. The van der Waals surface area contributed by atoms with E-state index in [-0.39, 0.29) is 0 Å². The van der Waals surface area contributed by atoms with Crippen LogP contribution < -0.4 is 0 Å². The normalized spacial score (nSPS) is 34.6. The first-order valence-electron chi connectivity index (χ1n) is 7.37. The maximum Gasteiger partial charge on any atom is 0.0999 e. The molecule has 2 rings (SSSR count). The summed E-state index contributed by atoms with van der Waals surface area (Å²) in [5.74, 6) is 3.26. The number of hydrogen-bond donors (Lipinski definition) is 0. The molecule has 2 fully saturated rings. The van der Waals surface area contributed by atoms with Crippen molar-refractivity contribution in [3.05, 3.63) is 0 Å². The third-order valence-electron chi connectivity index (χ3n) is 6.49. The lowest BCUT2D eigenvalue weighted by Crippen LogP contribution is -2.34. The van der Waals surface area contributed by atoms with Gasteiger partial charge in [-0.1, -0.05) is 38.8 Å². The van der Waals surface area contributed by atoms with Crippen molar-refractivity contribution in [1.29, 1.82) is 0 Å². The lowest BCUT2D eigenvalue weighted by atomic mass is 9.39. The van der Waals surface area contributed by atoms with Gasteiger partial charge in [-0.05, 0) is 48.9 Å². The summed E-state index contributed by atoms with van der Waals surface area (Å²) in [6.45, 7) is 7.28. The SMILES string of the molecule is BC(B)(CC1C2CCC1CC2)C(C)(C)CC. The Hall–Kier alpha value is 0.130. The van der Waals surface area contributed by atoms with Gasteiger partial charge in [0.25, 0.3) is 0 Å². The Labute approximate surface area is 104 Å². The third kappa shape index (κ3) is 1.97. The second-order valence-electron chi connectivity index (χ2n) is 7.66. The van der Waals surface area contributed by atoms with Crippen molar-refractivity contribution < 1.29 is 0 Å². The van der Waals surface area contributed by atoms with Crippen LogP contribution in [0.5, 0.6) is 0 Å². The first kappa shape index (κ1) is 12.6. The quantitative estimate of drug-likeness (QED) is 0.636. The smallest absolute Gasteiger partial charge is 0.0793 e. The fraction of sp³-hybridized carbons (Fsp3) is 1.00. The van der Waals surface area contributed by atoms with Gasteiger partial charge >= 0.3 is 0 Å². The van der Waals surface area contributed by atoms with E-state index in [9.17, 15) is 0 Å². The van der Waals surface area contributed by atoms with E-state index in [1.807, 2.05) is 0 Å². The summed E-state index contributed by atoms with van der Waals surface area (Å²) in [4.78, 5) is 0. The summed E-state index contributed by atoms with van der Waals surface area (Å²) in [5.41, 5.74) is 0.495. The molecule has 2 aliphatic rings. The molecule has 16 heavy (non-hydrogen) atoms. The van der Waals surface area contributed by atoms with E-state index in [0.717, 1.165) is 17.8 Å². The molecule has 0 aromatic heterocycles. The zero-order chi connectivity index (χ0) is 12.0. The first-order chi connectivity index (χ1) is 7.37. The summed E-state index contributed by atoms with van der Waals surface area (Å²) in [6, 6.07) is 0. The van der Waals surface area contributed by atoms with Crippen molar-refractivity contribution in [3.63, 3.8) is 0 Å². The number of fused-ring (bicyclic) bond motifs is 2. The van der Waals surface area contributed by atoms with Gasteiger partial charge < -0.3 is 0 Å². The molecule has 0 amide bonds. The average Bonchev–Trinajstić information content (AvgIpc) is 2.77. The van der Waals surface area contributed by atoms with Gasteiger partial charge in [-0.25, -0.2) is 0 Å². The van der Waals surface area contributed by atoms with Gasteiger partial charge in [-0.3, -0.25) is 0 Å². The molecule has 0 heterocycles. The van der Waals surface area contributed by atoms with Gasteiger partial charge in [0.15, 0.2) is 0 Å². The van der Waals surface area contributed by atoms with E-state index < -0.39 is 0 Å². The highest BCUT2D eigenvalue weighted by Gasteiger charge is 2.46. The Kier molecular flexibility index (Phi) is 3.23. The molecule has 0 aromatic carbocycles. The molecule has 0 spiro atoms. The van der Waals surface area contributed by atoms with E-state index in [1.165, 1.54) is 38.5 Å². The van der Waals surface area contributed by atoms with E-state index >= 15 is 0 Å². The molecule has 0 radical (unpaired) electrons. The number of hydrogen-bond acceptors (Lipinski definition) is 0. The van der Waals surface area contributed by atoms with E-state index in [4.69, 9.17) is 0 Å². The Morgan fingerprint density at radius 2 is 1.44 bits per heavy atom. The molecule has 2 bridgehead atoms. The van der Waals surface area contributed by atoms with Crippen LogP contribution in [0, 0.1) is 23.2 Å². The third-order valence-corrected chi connectivity index (χ3v) is 6.49. The van der Waals surface area contributed by atoms with Crippen LogP contribution in [0.2, 0.25) is 5.21 Å². The molecule has 0 aliphatic heterocycles. The highest BCUT2D eigenvalue weighted by atomic mass is 14.5. The van der Waals surface area contributed by atoms with Gasteiger partial charge in [0.2, 0.25) is 0 Å². The molecule has 0 nitrogen and oxygen atoms in total. The van der Waals surface area contributed by atoms with Gasteiger partial charge in [0.1, 0.15) is 0 Å². The van der Waals surface area contributed by atoms with Crippen molar-refractivity contribution in [2.75, 3.05) is 0 Å². The van der Waals surface area contributed by atoms with Crippen LogP contribution in [0.4, 0.5) is 0 Å². The molecule has 2 heteroatoms. The summed E-state index contributed by atoms with van der Waals surface area (Å²) < 4.78 is 0. The summed E-state index contributed by atoms with van der Waals surface area (Å²) >= 11 is 0. The van der Waals surface area contributed by atoms with Gasteiger partial charge in [0.05, 0.1) is 15.7 Å². The van der Waals surface area contributed by atoms with Gasteiger partial charge in [-0.15, -0.1) is 0 Å². The lowest BCUT2D eigenvalue weighted by molar-refractivity contribution is 0.230. The zero-order valence-corrected chi connectivity index (χ0v) is 12.0. The van der Waals surface area contributed by atoms with Crippen LogP contribution in [0.3, 0.4) is 0 Å². The standard InChI is InChI=1S/C14H28B2/c1-4-13(2,3)14(15,16)9-12-10-5-6-11(12)8-7-10/h10-12H,4-9,15-16H2,1-3H3. The predicted octanol–water partition coefficient (Wildman–Crippen LogP) is 2.63. The molecule has 0 unspecified atom stereocenters. The van der Waals surface area contributed by atoms with Crippen molar-refractivity contribution in [2.24, 2.45) is 23.2 Å². The van der Waals surface area contributed by atoms with E-state index in [1.54, 1.807) is 0 Å². The second kappa shape index (κ2) is 4.10. The van der Waals surface area contributed by atoms with Crippen LogP contribution in [0.15, 0.2) is 0 Å². The Morgan fingerprint density at radius 3 is 1.81 bits per heavy atom. The van der Waals surface area contributed by atoms with E-state index in [0.29, 0.717) is 10.6 Å². The Balaban J connectivity index is 2.04. The summed E-state index contributed by atoms with van der Waals surface area (Å²) in [7, 11) is 5.02. The van der Waals surface area contributed by atoms with Crippen LogP contribution in [0.1, 0.15) is 59.3 Å². The molecule has 0 saturated heterocycles. The minimum Gasteiger partial charge on any atom is -0.0793 e. The van der Waals surface area contributed by atoms with Crippen molar-refractivity contribution in [2.45, 2.75) is 64.5 Å². The fourth-order valence-corrected chi connectivity index (χ4v) is 4.06. The minimum absolute atomic E-state index is 0.495. The molecule has 90 valence electrons. The molecule has 2 saturated carbocycles. The molecular formula is C14H28B2. The second-order valence-corrected chi connectivity index (χ2v) is 7.66. The Bertz CT molecular complexity index is 237. The first-order valence-corrected chi connectivity index (χ1v) is 7.37. The summed E-state index contributed by atoms with van der Waals surface area (Å²) in [5, 5.41) is 0.512. The fourth-order valence-electron chi connectivity index (χ4n) is 4.06. The lowest BCUT2D eigenvalue weighted by Gasteiger charge is -2.44. The zero-order valence-electron chi connectivity index (χ0n) is 12.0. The molecule has 0 aromatic rings. The predicted molar refractivity (Wildman–Crippen MR) is 77.4 cm³/mol. The van der Waals surface area contributed by atoms with Crippen molar-refractivity contribution >= 4 is 15.7 Å². The molecular weight excluding hydrogens is 190 g/mol. The maximum absolute atomic E-state index is 2.51. The van der Waals surface area contributed by atoms with Crippen molar-refractivity contribution in [1.82, 2.24) is 0 Å². The molecule has 0 atom stereocenters. The molecule has 0 N–H and O–H groups in total. The van der Waals surface area contributed by atoms with Crippen LogP contribution in [-0.2, 0) is 0 Å². The van der Waals surface area contributed by atoms with Gasteiger partial charge in [0, 0.05) is 0 Å². The van der Waals surface area contributed by atoms with Crippen LogP contribution in [0.25, 0.3) is 0 Å². The average molecular weight is 218 g/mol. The number of rotatable bonds is 4. The minimum atomic E-state index is 0.495. The maximum atomic E-state index is 2.51. The largest absolute Gasteiger partial charge is 0.0999 e. The van der Waals surface area contributed by atoms with Crippen LogP contribution in [-0.4, -0.2) is 15.7 Å². The highest BCUT2D eigenvalue weighted by molar-refractivity contribution is 6.40. The topological polar surface area (TPSA) is 0 Å². The van der Waals surface area contributed by atoms with E-state index in [2.05, 4.69) is 36.5 Å². The molecule has 2 aliphatic carbocycles. The van der Waals surface area contributed by atoms with Gasteiger partial charge in [-0.2, -0.15) is 0 Å². The van der Waals surface area contributed by atoms with Crippen LogP contribution >= 0.6 is 0 Å². The van der Waals surface area contributed by atoms with Crippen molar-refractivity contribution in [3.8, 4) is 0 Å². The highest BCUT2D eigenvalue weighted by Crippen LogP contribution is 2.57.